The molecule has 0 N–H and O–H groups in total. The molecule has 0 radical (unpaired) electrons. The molecule has 0 fully saturated rings. The van der Waals surface area contributed by atoms with Crippen LogP contribution in [-0.4, -0.2) is 30.5 Å². The van der Waals surface area contributed by atoms with Gasteiger partial charge >= 0.3 is 11.9 Å². The zero-order chi connectivity index (χ0) is 18.0. The first-order valence-electron chi connectivity index (χ1n) is 7.85. The third-order valence-electron chi connectivity index (χ3n) is 4.09. The number of carbonyl (C=O) groups is 2. The van der Waals surface area contributed by atoms with E-state index in [4.69, 9.17) is 21.1 Å². The number of thiophene rings is 1. The Morgan fingerprint density at radius 3 is 2.64 bits per heavy atom. The Bertz CT molecular complexity index is 787. The highest BCUT2D eigenvalue weighted by Crippen LogP contribution is 2.36. The summed E-state index contributed by atoms with van der Waals surface area (Å²) in [6, 6.07) is 8.61. The van der Waals surface area contributed by atoms with E-state index in [9.17, 15) is 9.59 Å². The zero-order valence-corrected chi connectivity index (χ0v) is 15.5. The Hall–Kier alpha value is -1.89. The number of hydrogen-bond acceptors (Lipinski definition) is 6. The van der Waals surface area contributed by atoms with Crippen molar-refractivity contribution in [1.29, 1.82) is 0 Å². The molecular weight excluding hydrogens is 362 g/mol. The molecule has 0 amide bonds. The molecule has 7 heteroatoms. The van der Waals surface area contributed by atoms with Gasteiger partial charge in [-0.15, -0.1) is 11.3 Å². The third-order valence-corrected chi connectivity index (χ3v) is 5.46. The molecule has 1 aliphatic rings. The molecule has 0 spiro atoms. The predicted molar refractivity (Wildman–Crippen MR) is 96.0 cm³/mol. The molecule has 132 valence electrons. The number of benzene rings is 1. The molecule has 1 aromatic carbocycles. The highest BCUT2D eigenvalue weighted by atomic mass is 35.5. The van der Waals surface area contributed by atoms with Gasteiger partial charge in [0.1, 0.15) is 6.04 Å². The second-order valence-electron chi connectivity index (χ2n) is 5.81. The lowest BCUT2D eigenvalue weighted by atomic mass is 10.0. The number of hydrogen-bond donors (Lipinski definition) is 0. The summed E-state index contributed by atoms with van der Waals surface area (Å²) in [7, 11) is 1.39. The minimum Gasteiger partial charge on any atom is -0.468 e. The normalized spacial score (nSPS) is 15.3. The monoisotopic (exact) mass is 379 g/mol. The lowest BCUT2D eigenvalue weighted by Crippen LogP contribution is -2.38. The number of carbonyl (C=O) groups excluding carboxylic acids is 2. The molecule has 1 atom stereocenters. The van der Waals surface area contributed by atoms with Gasteiger partial charge in [0.2, 0.25) is 0 Å². The van der Waals surface area contributed by atoms with E-state index in [0.717, 1.165) is 24.1 Å². The van der Waals surface area contributed by atoms with E-state index < -0.39 is 6.04 Å². The van der Waals surface area contributed by atoms with Gasteiger partial charge in [0.15, 0.2) is 5.06 Å². The summed E-state index contributed by atoms with van der Waals surface area (Å²) in [6.45, 7) is 2.70. The van der Waals surface area contributed by atoms with Crippen molar-refractivity contribution in [2.45, 2.75) is 25.9 Å². The van der Waals surface area contributed by atoms with E-state index in [-0.39, 0.29) is 11.9 Å². The van der Waals surface area contributed by atoms with Crippen LogP contribution < -0.4 is 4.74 Å². The molecule has 0 saturated heterocycles. The second-order valence-corrected chi connectivity index (χ2v) is 7.34. The van der Waals surface area contributed by atoms with Crippen LogP contribution in [0.5, 0.6) is 5.06 Å². The van der Waals surface area contributed by atoms with Crippen LogP contribution >= 0.6 is 22.9 Å². The van der Waals surface area contributed by atoms with Gasteiger partial charge in [-0.2, -0.15) is 0 Å². The summed E-state index contributed by atoms with van der Waals surface area (Å²) in [5, 5.41) is 1.22. The minimum atomic E-state index is -0.493. The van der Waals surface area contributed by atoms with Crippen LogP contribution in [0.4, 0.5) is 0 Å². The van der Waals surface area contributed by atoms with Crippen molar-refractivity contribution in [3.8, 4) is 5.06 Å². The number of fused-ring (bicyclic) bond motifs is 1. The first kappa shape index (κ1) is 17.9. The number of halogens is 1. The summed E-state index contributed by atoms with van der Waals surface area (Å²) in [4.78, 5) is 26.8. The van der Waals surface area contributed by atoms with Gasteiger partial charge in [-0.25, -0.2) is 4.79 Å². The number of ether oxygens (including phenoxy) is 2. The Labute approximate surface area is 155 Å². The maximum Gasteiger partial charge on any atom is 0.327 e. The SMILES string of the molecule is COC(=O)[C@H](c1ccc(Cl)cc1)N1CCc2sc(OC(C)=O)cc2C1. The fourth-order valence-electron chi connectivity index (χ4n) is 2.99. The molecule has 1 aromatic heterocycles. The van der Waals surface area contributed by atoms with Crippen molar-refractivity contribution in [1.82, 2.24) is 4.90 Å². The van der Waals surface area contributed by atoms with E-state index in [2.05, 4.69) is 4.90 Å². The molecule has 2 heterocycles. The molecule has 0 unspecified atom stereocenters. The van der Waals surface area contributed by atoms with Crippen molar-refractivity contribution in [2.24, 2.45) is 0 Å². The van der Waals surface area contributed by atoms with E-state index in [0.29, 0.717) is 16.6 Å². The Kier molecular flexibility index (Phi) is 5.42. The van der Waals surface area contributed by atoms with Crippen LogP contribution in [0.3, 0.4) is 0 Å². The van der Waals surface area contributed by atoms with Gasteiger partial charge in [0.25, 0.3) is 0 Å². The van der Waals surface area contributed by atoms with Crippen molar-refractivity contribution < 1.29 is 19.1 Å². The van der Waals surface area contributed by atoms with Gasteiger partial charge in [0.05, 0.1) is 7.11 Å². The van der Waals surface area contributed by atoms with Gasteiger partial charge in [0, 0.05) is 29.9 Å². The van der Waals surface area contributed by atoms with Crippen molar-refractivity contribution in [3.63, 3.8) is 0 Å². The quantitative estimate of drug-likeness (QED) is 0.760. The highest BCUT2D eigenvalue weighted by molar-refractivity contribution is 7.14. The van der Waals surface area contributed by atoms with E-state index in [1.54, 1.807) is 12.1 Å². The molecule has 3 rings (SSSR count). The van der Waals surface area contributed by atoms with Gasteiger partial charge in [-0.1, -0.05) is 23.7 Å². The largest absolute Gasteiger partial charge is 0.468 e. The minimum absolute atomic E-state index is 0.304. The molecule has 0 bridgehead atoms. The number of rotatable bonds is 4. The second kappa shape index (κ2) is 7.56. The van der Waals surface area contributed by atoms with Crippen LogP contribution in [-0.2, 0) is 27.3 Å². The van der Waals surface area contributed by atoms with E-state index in [1.807, 2.05) is 18.2 Å². The number of esters is 2. The Balaban J connectivity index is 1.85. The standard InChI is InChI=1S/C18H18ClNO4S/c1-11(21)24-16-9-13-10-20(8-7-15(13)25-16)17(18(22)23-2)12-3-5-14(19)6-4-12/h3-6,9,17H,7-8,10H2,1-2H3/t17-/m0/s1. The average molecular weight is 380 g/mol. The maximum absolute atomic E-state index is 12.4. The topological polar surface area (TPSA) is 55.8 Å². The maximum atomic E-state index is 12.4. The molecule has 0 aliphatic carbocycles. The summed E-state index contributed by atoms with van der Waals surface area (Å²) in [5.41, 5.74) is 1.92. The van der Waals surface area contributed by atoms with Crippen LogP contribution in [0.2, 0.25) is 5.02 Å². The molecule has 2 aromatic rings. The summed E-state index contributed by atoms with van der Waals surface area (Å²) >= 11 is 7.44. The van der Waals surface area contributed by atoms with Crippen molar-refractivity contribution in [3.05, 3.63) is 51.4 Å². The Morgan fingerprint density at radius 1 is 1.28 bits per heavy atom. The summed E-state index contributed by atoms with van der Waals surface area (Å²) < 4.78 is 10.2. The summed E-state index contributed by atoms with van der Waals surface area (Å²) in [5.74, 6) is -0.634. The lowest BCUT2D eigenvalue weighted by molar-refractivity contribution is -0.147. The molecule has 1 aliphatic heterocycles. The number of methoxy groups -OCH3 is 1. The predicted octanol–water partition coefficient (Wildman–Crippen LogP) is 3.60. The zero-order valence-electron chi connectivity index (χ0n) is 14.0. The van der Waals surface area contributed by atoms with Gasteiger partial charge in [-0.05, 0) is 35.7 Å². The average Bonchev–Trinajstić information content (AvgIpc) is 2.97. The third kappa shape index (κ3) is 4.03. The van der Waals surface area contributed by atoms with E-state index in [1.165, 1.54) is 30.2 Å². The van der Waals surface area contributed by atoms with Crippen LogP contribution in [0.1, 0.15) is 29.0 Å². The van der Waals surface area contributed by atoms with Gasteiger partial charge < -0.3 is 9.47 Å². The van der Waals surface area contributed by atoms with Crippen LogP contribution in [0.25, 0.3) is 0 Å². The fraction of sp³-hybridized carbons (Fsp3) is 0.333. The smallest absolute Gasteiger partial charge is 0.327 e. The van der Waals surface area contributed by atoms with Crippen LogP contribution in [0.15, 0.2) is 30.3 Å². The van der Waals surface area contributed by atoms with E-state index >= 15 is 0 Å². The highest BCUT2D eigenvalue weighted by Gasteiger charge is 2.32. The molecule has 0 saturated carbocycles. The fourth-order valence-corrected chi connectivity index (χ4v) is 4.17. The molecular formula is C18H18ClNO4S. The Morgan fingerprint density at radius 2 is 2.00 bits per heavy atom. The van der Waals surface area contributed by atoms with Crippen molar-refractivity contribution in [2.75, 3.05) is 13.7 Å². The molecule has 5 nitrogen and oxygen atoms in total. The number of nitrogens with zero attached hydrogens (tertiary/aromatic N) is 1. The molecule has 25 heavy (non-hydrogen) atoms. The van der Waals surface area contributed by atoms with Gasteiger partial charge in [-0.3, -0.25) is 9.69 Å². The summed E-state index contributed by atoms with van der Waals surface area (Å²) in [6.07, 6.45) is 0.794. The van der Waals surface area contributed by atoms with Crippen molar-refractivity contribution >= 4 is 34.9 Å². The van der Waals surface area contributed by atoms with Crippen LogP contribution in [0, 0.1) is 0 Å². The lowest BCUT2D eigenvalue weighted by Gasteiger charge is -2.33. The first-order valence-corrected chi connectivity index (χ1v) is 9.04. The first-order chi connectivity index (χ1) is 12.0.